The zero-order valence-electron chi connectivity index (χ0n) is 35.5. The molecule has 0 radical (unpaired) electrons. The van der Waals surface area contributed by atoms with Gasteiger partial charge in [-0.25, -0.2) is 4.79 Å². The number of fused-ring (bicyclic) bond motifs is 2. The second-order valence-corrected chi connectivity index (χ2v) is 17.5. The number of carboxylic acid groups (broad SMARTS) is 1. The van der Waals surface area contributed by atoms with E-state index in [9.17, 15) is 9.59 Å². The number of hydrogen-bond donors (Lipinski definition) is 3. The van der Waals surface area contributed by atoms with E-state index in [0.29, 0.717) is 86.4 Å². The van der Waals surface area contributed by atoms with Gasteiger partial charge in [-0.05, 0) is 99.5 Å². The van der Waals surface area contributed by atoms with Crippen LogP contribution in [-0.2, 0) is 32.2 Å². The number of nitrogen functional groups attached to an aromatic ring is 1. The highest BCUT2D eigenvalue weighted by Gasteiger charge is 2.21. The van der Waals surface area contributed by atoms with Crippen LogP contribution in [0.4, 0.5) is 11.4 Å². The number of aliphatic carboxylic acids is 1. The minimum atomic E-state index is -0.942. The minimum Gasteiger partial charge on any atom is -0.493 e. The fourth-order valence-corrected chi connectivity index (χ4v) is 8.24. The van der Waals surface area contributed by atoms with E-state index in [1.807, 2.05) is 30.3 Å². The molecule has 2 fully saturated rings. The molecule has 336 valence electrons. The summed E-state index contributed by atoms with van der Waals surface area (Å²) in [6.07, 6.45) is 8.68. The van der Waals surface area contributed by atoms with E-state index in [-0.39, 0.29) is 5.91 Å². The number of rotatable bonds is 9. The Balaban J connectivity index is 0.000000173. The first-order valence-corrected chi connectivity index (χ1v) is 22.5. The lowest BCUT2D eigenvalue weighted by molar-refractivity contribution is -0.132. The van der Waals surface area contributed by atoms with Crippen LogP contribution < -0.4 is 20.5 Å². The highest BCUT2D eigenvalue weighted by molar-refractivity contribution is 6.42. The number of hydrogen-bond acceptors (Lipinski definition) is 9. The molecule has 4 aromatic carbocycles. The Morgan fingerprint density at radius 2 is 1.05 bits per heavy atom. The third kappa shape index (κ3) is 14.3. The first-order chi connectivity index (χ1) is 30.3. The Labute approximate surface area is 389 Å². The predicted octanol–water partition coefficient (Wildman–Crippen LogP) is 10.5. The number of amides is 1. The molecular formula is C48H54Cl4N4O7. The molecule has 2 saturated heterocycles. The molecular weight excluding hydrogens is 886 g/mol. The monoisotopic (exact) mass is 938 g/mol. The van der Waals surface area contributed by atoms with Crippen LogP contribution in [0.25, 0.3) is 12.2 Å². The molecule has 1 amide bonds. The van der Waals surface area contributed by atoms with Crippen LogP contribution in [0.1, 0.15) is 60.8 Å². The van der Waals surface area contributed by atoms with Crippen molar-refractivity contribution in [3.05, 3.63) is 126 Å². The molecule has 4 aliphatic heterocycles. The molecule has 4 aromatic rings. The molecule has 0 unspecified atom stereocenters. The van der Waals surface area contributed by atoms with Gasteiger partial charge in [0.15, 0.2) is 0 Å². The maximum Gasteiger partial charge on any atom is 0.331 e. The van der Waals surface area contributed by atoms with Crippen LogP contribution >= 0.6 is 46.4 Å². The van der Waals surface area contributed by atoms with Crippen LogP contribution in [0.15, 0.2) is 83.9 Å². The topological polar surface area (TPSA) is 136 Å². The number of anilines is 2. The second kappa shape index (κ2) is 23.6. The summed E-state index contributed by atoms with van der Waals surface area (Å²) in [7, 11) is 4.34. The van der Waals surface area contributed by atoms with Gasteiger partial charge in [-0.1, -0.05) is 70.7 Å². The minimum absolute atomic E-state index is 0.144. The van der Waals surface area contributed by atoms with Crippen LogP contribution in [0.2, 0.25) is 20.1 Å². The maximum absolute atomic E-state index is 12.8. The lowest BCUT2D eigenvalue weighted by Crippen LogP contribution is -2.36. The third-order valence-electron chi connectivity index (χ3n) is 11.3. The first-order valence-electron chi connectivity index (χ1n) is 21.0. The van der Waals surface area contributed by atoms with E-state index in [0.717, 1.165) is 82.1 Å². The Hall–Kier alpha value is -4.30. The number of carbonyl (C=O) groups is 2. The molecule has 4 aliphatic rings. The molecule has 0 saturated carbocycles. The fourth-order valence-electron chi connectivity index (χ4n) is 7.59. The summed E-state index contributed by atoms with van der Waals surface area (Å²) in [5.74, 6) is 0.109. The highest BCUT2D eigenvalue weighted by atomic mass is 35.5. The van der Waals surface area contributed by atoms with Crippen LogP contribution in [0.5, 0.6) is 11.5 Å². The molecule has 63 heavy (non-hydrogen) atoms. The van der Waals surface area contributed by atoms with Crippen molar-refractivity contribution in [1.82, 2.24) is 9.80 Å². The summed E-state index contributed by atoms with van der Waals surface area (Å²) in [4.78, 5) is 28.5. The molecule has 15 heteroatoms. The average Bonchev–Trinajstić information content (AvgIpc) is 3.62. The van der Waals surface area contributed by atoms with Crippen LogP contribution in [-0.4, -0.2) is 92.6 Å². The molecule has 4 heterocycles. The van der Waals surface area contributed by atoms with E-state index in [1.165, 1.54) is 11.1 Å². The first kappa shape index (κ1) is 48.2. The van der Waals surface area contributed by atoms with Gasteiger partial charge in [-0.3, -0.25) is 14.6 Å². The Bertz CT molecular complexity index is 2240. The van der Waals surface area contributed by atoms with Gasteiger partial charge in [0.25, 0.3) is 5.91 Å². The zero-order valence-corrected chi connectivity index (χ0v) is 38.5. The summed E-state index contributed by atoms with van der Waals surface area (Å²) in [6, 6.07) is 24.0. The molecule has 4 N–H and O–H groups in total. The summed E-state index contributed by atoms with van der Waals surface area (Å²) in [5, 5.41) is 13.6. The van der Waals surface area contributed by atoms with Gasteiger partial charge in [0, 0.05) is 110 Å². The number of ether oxygens (including phenoxy) is 4. The lowest BCUT2D eigenvalue weighted by atomic mass is 10.1. The van der Waals surface area contributed by atoms with E-state index in [1.54, 1.807) is 30.3 Å². The van der Waals surface area contributed by atoms with Crippen molar-refractivity contribution >= 4 is 81.8 Å². The number of halogens is 4. The van der Waals surface area contributed by atoms with Crippen molar-refractivity contribution in [2.24, 2.45) is 0 Å². The zero-order chi connectivity index (χ0) is 44.9. The van der Waals surface area contributed by atoms with E-state index >= 15 is 0 Å². The molecule has 0 bridgehead atoms. The molecule has 0 aromatic heterocycles. The van der Waals surface area contributed by atoms with Gasteiger partial charge in [0.2, 0.25) is 0 Å². The van der Waals surface area contributed by atoms with E-state index < -0.39 is 5.97 Å². The fraction of sp³-hybridized carbons (Fsp3) is 0.375. The average molecular weight is 941 g/mol. The standard InChI is InChI=1S/C24H26Cl2N2O3.C13H20N2O.C11H8Cl2O3/c1-28(20-7-9-30-10-8-20)15-16-2-4-19(5-3-16)27-24(29)17-6-11-31-23-14-22(26)21(25)13-18(23)12-17;1-15(13-6-8-16-9-7-13)10-11-2-4-12(14)5-3-11;12-8-4-7-3-6(11(14)15)1-2-16-10(7)5-9(8)13/h2-5,12-14,20H,6-11,15H2,1H3,(H,27,29);2-5,13H,6-10,14H2,1H3;3-5H,1-2H2,(H,14,15). The summed E-state index contributed by atoms with van der Waals surface area (Å²) in [5.41, 5.74) is 12.1. The number of nitrogens with zero attached hydrogens (tertiary/aromatic N) is 2. The quantitative estimate of drug-likeness (QED) is 0.139. The van der Waals surface area contributed by atoms with Crippen molar-refractivity contribution < 1.29 is 33.6 Å². The van der Waals surface area contributed by atoms with Gasteiger partial charge in [-0.2, -0.15) is 0 Å². The number of carbonyl (C=O) groups excluding carboxylic acids is 1. The van der Waals surface area contributed by atoms with Crippen molar-refractivity contribution in [1.29, 1.82) is 0 Å². The summed E-state index contributed by atoms with van der Waals surface area (Å²) in [6.45, 7) is 6.07. The number of nitrogens with one attached hydrogen (secondary N) is 1. The van der Waals surface area contributed by atoms with Crippen molar-refractivity contribution in [2.45, 2.75) is 63.7 Å². The molecule has 11 nitrogen and oxygen atoms in total. The maximum atomic E-state index is 12.8. The normalized spacial score (nSPS) is 16.5. The van der Waals surface area contributed by atoms with Crippen molar-refractivity contribution in [2.75, 3.05) is 64.8 Å². The Kier molecular flexibility index (Phi) is 18.0. The van der Waals surface area contributed by atoms with Gasteiger partial charge >= 0.3 is 5.97 Å². The highest BCUT2D eigenvalue weighted by Crippen LogP contribution is 2.35. The smallest absolute Gasteiger partial charge is 0.331 e. The third-order valence-corrected chi connectivity index (χ3v) is 12.7. The Morgan fingerprint density at radius 1 is 0.635 bits per heavy atom. The van der Waals surface area contributed by atoms with Gasteiger partial charge in [0.1, 0.15) is 11.5 Å². The number of benzene rings is 4. The van der Waals surface area contributed by atoms with Gasteiger partial charge in [-0.15, -0.1) is 0 Å². The molecule has 0 spiro atoms. The summed E-state index contributed by atoms with van der Waals surface area (Å²) >= 11 is 23.9. The SMILES string of the molecule is CN(Cc1ccc(N)cc1)C1CCOCC1.CN(Cc1ccc(NC(=O)C2=Cc3cc(Cl)c(Cl)cc3OCC2)cc1)C1CCOCC1.O=C(O)C1=Cc2cc(Cl)c(Cl)cc2OCC1. The summed E-state index contributed by atoms with van der Waals surface area (Å²) < 4.78 is 22.0. The van der Waals surface area contributed by atoms with Crippen LogP contribution in [0, 0.1) is 0 Å². The van der Waals surface area contributed by atoms with Crippen LogP contribution in [0.3, 0.4) is 0 Å². The predicted molar refractivity (Wildman–Crippen MR) is 253 cm³/mol. The molecule has 0 aliphatic carbocycles. The van der Waals surface area contributed by atoms with E-state index in [4.69, 9.17) is 76.2 Å². The van der Waals surface area contributed by atoms with Gasteiger partial charge < -0.3 is 35.1 Å². The van der Waals surface area contributed by atoms with Crippen molar-refractivity contribution in [3.63, 3.8) is 0 Å². The van der Waals surface area contributed by atoms with E-state index in [2.05, 4.69) is 53.5 Å². The second-order valence-electron chi connectivity index (χ2n) is 15.9. The number of carboxylic acids is 1. The largest absolute Gasteiger partial charge is 0.493 e. The van der Waals surface area contributed by atoms with Crippen molar-refractivity contribution in [3.8, 4) is 11.5 Å². The molecule has 8 rings (SSSR count). The molecule has 0 atom stereocenters. The number of nitrogens with two attached hydrogens (primary N) is 1. The lowest BCUT2D eigenvalue weighted by Gasteiger charge is -2.31. The Morgan fingerprint density at radius 3 is 1.51 bits per heavy atom. The van der Waals surface area contributed by atoms with Gasteiger partial charge in [0.05, 0.1) is 33.3 Å².